The highest BCUT2D eigenvalue weighted by Crippen LogP contribution is 2.25. The van der Waals surface area contributed by atoms with E-state index in [-0.39, 0.29) is 12.0 Å². The Kier molecular flexibility index (Phi) is 3.43. The fourth-order valence-corrected chi connectivity index (χ4v) is 2.50. The molecule has 21 heavy (non-hydrogen) atoms. The van der Waals surface area contributed by atoms with Crippen LogP contribution in [-0.4, -0.2) is 14.9 Å². The van der Waals surface area contributed by atoms with Crippen molar-refractivity contribution in [3.8, 4) is 0 Å². The van der Waals surface area contributed by atoms with E-state index in [0.29, 0.717) is 5.69 Å². The van der Waals surface area contributed by atoms with Crippen molar-refractivity contribution in [2.24, 2.45) is 7.05 Å². The number of aliphatic hydroxyl groups is 1. The third-order valence-corrected chi connectivity index (χ3v) is 3.54. The van der Waals surface area contributed by atoms with Gasteiger partial charge >= 0.3 is 0 Å². The fraction of sp³-hybridized carbons (Fsp3) is 0.188. The van der Waals surface area contributed by atoms with Gasteiger partial charge in [-0.25, -0.2) is 8.78 Å². The monoisotopic (exact) mass is 288 g/mol. The molecule has 1 heterocycles. The van der Waals surface area contributed by atoms with E-state index < -0.39 is 17.7 Å². The van der Waals surface area contributed by atoms with Gasteiger partial charge in [0.25, 0.3) is 0 Å². The molecule has 1 aromatic heterocycles. The van der Waals surface area contributed by atoms with Gasteiger partial charge in [-0.2, -0.15) is 5.10 Å². The van der Waals surface area contributed by atoms with Crippen molar-refractivity contribution in [3.05, 3.63) is 65.4 Å². The molecule has 3 nitrogen and oxygen atoms in total. The summed E-state index contributed by atoms with van der Waals surface area (Å²) in [4.78, 5) is 0. The summed E-state index contributed by atoms with van der Waals surface area (Å²) in [6.07, 6.45) is -1.01. The summed E-state index contributed by atoms with van der Waals surface area (Å²) in [7, 11) is 1.81. The lowest BCUT2D eigenvalue weighted by atomic mass is 10.0. The number of hydrogen-bond donors (Lipinski definition) is 1. The van der Waals surface area contributed by atoms with Crippen molar-refractivity contribution in [1.29, 1.82) is 0 Å². The number of nitrogens with zero attached hydrogens (tertiary/aromatic N) is 2. The van der Waals surface area contributed by atoms with Crippen LogP contribution in [-0.2, 0) is 13.5 Å². The molecule has 0 aliphatic rings. The summed E-state index contributed by atoms with van der Waals surface area (Å²) in [6.45, 7) is 0. The van der Waals surface area contributed by atoms with Gasteiger partial charge in [0, 0.05) is 24.4 Å². The zero-order valence-corrected chi connectivity index (χ0v) is 11.4. The topological polar surface area (TPSA) is 38.0 Å². The predicted octanol–water partition coefficient (Wildman–Crippen LogP) is 3.13. The number of rotatable bonds is 3. The molecule has 0 aliphatic heterocycles. The highest BCUT2D eigenvalue weighted by Gasteiger charge is 2.18. The van der Waals surface area contributed by atoms with Crippen LogP contribution in [0, 0.1) is 11.6 Å². The second-order valence-electron chi connectivity index (χ2n) is 4.97. The summed E-state index contributed by atoms with van der Waals surface area (Å²) >= 11 is 0. The van der Waals surface area contributed by atoms with Gasteiger partial charge in [-0.05, 0) is 24.3 Å². The van der Waals surface area contributed by atoms with Gasteiger partial charge in [0.05, 0.1) is 17.3 Å². The molecule has 1 unspecified atom stereocenters. The van der Waals surface area contributed by atoms with Gasteiger partial charge in [0.15, 0.2) is 0 Å². The average Bonchev–Trinajstić information content (AvgIpc) is 2.78. The zero-order chi connectivity index (χ0) is 15.0. The summed E-state index contributed by atoms with van der Waals surface area (Å²) in [5.41, 5.74) is 1.54. The minimum Gasteiger partial charge on any atom is -0.388 e. The third kappa shape index (κ3) is 2.52. The Balaban J connectivity index is 1.96. The van der Waals surface area contributed by atoms with Crippen LogP contribution in [0.1, 0.15) is 17.4 Å². The summed E-state index contributed by atoms with van der Waals surface area (Å²) in [5, 5.41) is 15.4. The van der Waals surface area contributed by atoms with Crippen molar-refractivity contribution in [2.45, 2.75) is 12.5 Å². The van der Waals surface area contributed by atoms with Gasteiger partial charge in [-0.15, -0.1) is 0 Å². The number of hydrogen-bond acceptors (Lipinski definition) is 2. The summed E-state index contributed by atoms with van der Waals surface area (Å²) in [6, 6.07) is 10.7. The zero-order valence-electron chi connectivity index (χ0n) is 11.4. The molecule has 0 amide bonds. The number of fused-ring (bicyclic) bond motifs is 1. The van der Waals surface area contributed by atoms with E-state index in [1.54, 1.807) is 11.7 Å². The van der Waals surface area contributed by atoms with Gasteiger partial charge < -0.3 is 5.11 Å². The molecule has 1 atom stereocenters. The Hall–Kier alpha value is -2.27. The number of aliphatic hydroxyl groups excluding tert-OH is 1. The molecule has 0 bridgehead atoms. The van der Waals surface area contributed by atoms with Crippen LogP contribution < -0.4 is 0 Å². The number of para-hydroxylation sites is 1. The maximum atomic E-state index is 13.7. The quantitative estimate of drug-likeness (QED) is 0.804. The smallest absolute Gasteiger partial charge is 0.129 e. The van der Waals surface area contributed by atoms with Crippen molar-refractivity contribution < 1.29 is 13.9 Å². The van der Waals surface area contributed by atoms with Gasteiger partial charge in [0.1, 0.15) is 11.6 Å². The van der Waals surface area contributed by atoms with Crippen LogP contribution in [0.25, 0.3) is 10.9 Å². The largest absolute Gasteiger partial charge is 0.388 e. The van der Waals surface area contributed by atoms with E-state index in [1.807, 2.05) is 24.3 Å². The molecule has 3 aromatic rings. The first-order valence-corrected chi connectivity index (χ1v) is 6.60. The average molecular weight is 288 g/mol. The van der Waals surface area contributed by atoms with E-state index in [0.717, 1.165) is 29.1 Å². The van der Waals surface area contributed by atoms with E-state index in [1.165, 1.54) is 0 Å². The first-order chi connectivity index (χ1) is 10.1. The number of aromatic nitrogens is 2. The minimum absolute atomic E-state index is 0.0512. The first-order valence-electron chi connectivity index (χ1n) is 6.60. The molecule has 108 valence electrons. The molecule has 0 radical (unpaired) electrons. The Morgan fingerprint density at radius 2 is 1.95 bits per heavy atom. The van der Waals surface area contributed by atoms with E-state index >= 15 is 0 Å². The lowest BCUT2D eigenvalue weighted by Crippen LogP contribution is -2.06. The van der Waals surface area contributed by atoms with Crippen LogP contribution in [0.15, 0.2) is 42.5 Å². The molecular formula is C16H14F2N2O. The molecule has 0 saturated heterocycles. The molecular weight excluding hydrogens is 274 g/mol. The van der Waals surface area contributed by atoms with Gasteiger partial charge in [-0.3, -0.25) is 4.68 Å². The lowest BCUT2D eigenvalue weighted by Gasteiger charge is -2.11. The Morgan fingerprint density at radius 1 is 1.19 bits per heavy atom. The molecule has 2 aromatic carbocycles. The Morgan fingerprint density at radius 3 is 2.76 bits per heavy atom. The fourth-order valence-electron chi connectivity index (χ4n) is 2.50. The summed E-state index contributed by atoms with van der Waals surface area (Å²) < 4.78 is 28.6. The SMILES string of the molecule is Cn1nc(CC(O)c2cc(F)ccc2F)c2ccccc21. The van der Waals surface area contributed by atoms with E-state index in [2.05, 4.69) is 5.10 Å². The molecule has 3 rings (SSSR count). The number of halogens is 2. The van der Waals surface area contributed by atoms with E-state index in [9.17, 15) is 13.9 Å². The van der Waals surface area contributed by atoms with Crippen molar-refractivity contribution in [3.63, 3.8) is 0 Å². The molecule has 0 saturated carbocycles. The van der Waals surface area contributed by atoms with Gasteiger partial charge in [0.2, 0.25) is 0 Å². The number of aryl methyl sites for hydroxylation is 1. The minimum atomic E-state index is -1.14. The van der Waals surface area contributed by atoms with Crippen molar-refractivity contribution >= 4 is 10.9 Å². The van der Waals surface area contributed by atoms with Gasteiger partial charge in [-0.1, -0.05) is 18.2 Å². The summed E-state index contributed by atoms with van der Waals surface area (Å²) in [5.74, 6) is -1.19. The molecule has 5 heteroatoms. The predicted molar refractivity (Wildman–Crippen MR) is 75.7 cm³/mol. The maximum Gasteiger partial charge on any atom is 0.129 e. The lowest BCUT2D eigenvalue weighted by molar-refractivity contribution is 0.172. The van der Waals surface area contributed by atoms with Crippen molar-refractivity contribution in [1.82, 2.24) is 9.78 Å². The Labute approximate surface area is 120 Å². The second-order valence-corrected chi connectivity index (χ2v) is 4.97. The molecule has 0 fully saturated rings. The number of benzene rings is 2. The first kappa shape index (κ1) is 13.7. The normalized spacial score (nSPS) is 12.8. The standard InChI is InChI=1S/C16H14F2N2O/c1-20-15-5-3-2-4-11(15)14(19-20)9-16(21)12-8-10(17)6-7-13(12)18/h2-8,16,21H,9H2,1H3. The maximum absolute atomic E-state index is 13.7. The van der Waals surface area contributed by atoms with Crippen LogP contribution in [0.5, 0.6) is 0 Å². The third-order valence-electron chi connectivity index (χ3n) is 3.54. The molecule has 0 spiro atoms. The van der Waals surface area contributed by atoms with Crippen LogP contribution in [0.4, 0.5) is 8.78 Å². The van der Waals surface area contributed by atoms with Crippen LogP contribution in [0.3, 0.4) is 0 Å². The van der Waals surface area contributed by atoms with Crippen molar-refractivity contribution in [2.75, 3.05) is 0 Å². The van der Waals surface area contributed by atoms with Crippen LogP contribution in [0.2, 0.25) is 0 Å². The van der Waals surface area contributed by atoms with E-state index in [4.69, 9.17) is 0 Å². The second kappa shape index (κ2) is 5.26. The highest BCUT2D eigenvalue weighted by atomic mass is 19.1. The highest BCUT2D eigenvalue weighted by molar-refractivity contribution is 5.81. The Bertz CT molecular complexity index is 798. The molecule has 1 N–H and O–H groups in total. The van der Waals surface area contributed by atoms with Crippen LogP contribution >= 0.6 is 0 Å². The molecule has 0 aliphatic carbocycles.